The van der Waals surface area contributed by atoms with E-state index < -0.39 is 11.7 Å². The van der Waals surface area contributed by atoms with Gasteiger partial charge in [-0.25, -0.2) is 4.39 Å². The lowest BCUT2D eigenvalue weighted by Gasteiger charge is -2.12. The number of rotatable bonds is 3. The summed E-state index contributed by atoms with van der Waals surface area (Å²) in [5.41, 5.74) is 0.678. The van der Waals surface area contributed by atoms with Crippen molar-refractivity contribution in [3.05, 3.63) is 63.9 Å². The van der Waals surface area contributed by atoms with Crippen molar-refractivity contribution in [1.82, 2.24) is 0 Å². The van der Waals surface area contributed by atoms with Crippen LogP contribution in [0, 0.1) is 12.7 Å². The van der Waals surface area contributed by atoms with Crippen LogP contribution >= 0.6 is 11.6 Å². The summed E-state index contributed by atoms with van der Waals surface area (Å²) in [6.07, 6.45) is -4.50. The largest absolute Gasteiger partial charge is 0.417 e. The van der Waals surface area contributed by atoms with Gasteiger partial charge in [0, 0.05) is 12.2 Å². The molecule has 0 bridgehead atoms. The highest BCUT2D eigenvalue weighted by atomic mass is 35.5. The standard InChI is InChI=1S/C15H12ClF4N/c1-9-6-10(2-5-14(9)17)8-21-11-3-4-13(16)12(7-11)15(18,19)20/h2-7,21H,8H2,1H3. The van der Waals surface area contributed by atoms with Gasteiger partial charge in [0.1, 0.15) is 5.82 Å². The van der Waals surface area contributed by atoms with Gasteiger partial charge in [-0.05, 0) is 42.3 Å². The number of benzene rings is 2. The summed E-state index contributed by atoms with van der Waals surface area (Å²) in [4.78, 5) is 0. The molecule has 0 saturated heterocycles. The molecule has 0 saturated carbocycles. The van der Waals surface area contributed by atoms with E-state index in [9.17, 15) is 17.6 Å². The first kappa shape index (κ1) is 15.6. The fraction of sp³-hybridized carbons (Fsp3) is 0.200. The molecule has 112 valence electrons. The monoisotopic (exact) mass is 317 g/mol. The zero-order chi connectivity index (χ0) is 15.6. The second kappa shape index (κ2) is 5.93. The van der Waals surface area contributed by atoms with Crippen molar-refractivity contribution in [2.75, 3.05) is 5.32 Å². The Morgan fingerprint density at radius 1 is 1.10 bits per heavy atom. The van der Waals surface area contributed by atoms with Crippen LogP contribution in [0.5, 0.6) is 0 Å². The van der Waals surface area contributed by atoms with E-state index in [1.165, 1.54) is 18.2 Å². The molecule has 0 spiro atoms. The van der Waals surface area contributed by atoms with Gasteiger partial charge in [0.05, 0.1) is 10.6 Å². The topological polar surface area (TPSA) is 12.0 Å². The average Bonchev–Trinajstić information content (AvgIpc) is 2.40. The zero-order valence-corrected chi connectivity index (χ0v) is 11.8. The van der Waals surface area contributed by atoms with Crippen molar-refractivity contribution < 1.29 is 17.6 Å². The van der Waals surface area contributed by atoms with E-state index in [1.807, 2.05) is 0 Å². The Morgan fingerprint density at radius 2 is 1.81 bits per heavy atom. The van der Waals surface area contributed by atoms with Gasteiger partial charge < -0.3 is 5.32 Å². The molecule has 0 aliphatic heterocycles. The maximum atomic E-state index is 13.1. The maximum absolute atomic E-state index is 13.1. The van der Waals surface area contributed by atoms with Crippen LogP contribution in [-0.4, -0.2) is 0 Å². The third kappa shape index (κ3) is 3.88. The molecular formula is C15H12ClF4N. The first-order valence-electron chi connectivity index (χ1n) is 6.13. The van der Waals surface area contributed by atoms with Gasteiger partial charge in [0.25, 0.3) is 0 Å². The summed E-state index contributed by atoms with van der Waals surface area (Å²) in [6, 6.07) is 8.17. The third-order valence-corrected chi connectivity index (χ3v) is 3.32. The van der Waals surface area contributed by atoms with Crippen LogP contribution in [0.25, 0.3) is 0 Å². The molecule has 0 aliphatic carbocycles. The maximum Gasteiger partial charge on any atom is 0.417 e. The van der Waals surface area contributed by atoms with Crippen molar-refractivity contribution in [3.8, 4) is 0 Å². The first-order valence-corrected chi connectivity index (χ1v) is 6.51. The normalized spacial score (nSPS) is 11.5. The number of nitrogens with one attached hydrogen (secondary N) is 1. The number of hydrogen-bond donors (Lipinski definition) is 1. The lowest BCUT2D eigenvalue weighted by atomic mass is 10.1. The van der Waals surface area contributed by atoms with Gasteiger partial charge in [0.15, 0.2) is 0 Å². The van der Waals surface area contributed by atoms with Crippen LogP contribution in [0.15, 0.2) is 36.4 Å². The van der Waals surface area contributed by atoms with Gasteiger partial charge in [-0.3, -0.25) is 0 Å². The highest BCUT2D eigenvalue weighted by Gasteiger charge is 2.33. The third-order valence-electron chi connectivity index (χ3n) is 2.99. The number of alkyl halides is 3. The lowest BCUT2D eigenvalue weighted by molar-refractivity contribution is -0.137. The minimum Gasteiger partial charge on any atom is -0.381 e. The van der Waals surface area contributed by atoms with E-state index in [1.54, 1.807) is 19.1 Å². The highest BCUT2D eigenvalue weighted by molar-refractivity contribution is 6.31. The summed E-state index contributed by atoms with van der Waals surface area (Å²) in [6.45, 7) is 1.92. The molecule has 0 unspecified atom stereocenters. The van der Waals surface area contributed by atoms with Crippen LogP contribution in [0.3, 0.4) is 0 Å². The summed E-state index contributed by atoms with van der Waals surface area (Å²) in [5.74, 6) is -0.315. The fourth-order valence-electron chi connectivity index (χ4n) is 1.87. The van der Waals surface area contributed by atoms with Gasteiger partial charge >= 0.3 is 6.18 Å². The SMILES string of the molecule is Cc1cc(CNc2ccc(Cl)c(C(F)(F)F)c2)ccc1F. The molecule has 1 N–H and O–H groups in total. The van der Waals surface area contributed by atoms with E-state index in [0.717, 1.165) is 11.6 Å². The van der Waals surface area contributed by atoms with Gasteiger partial charge in [0.2, 0.25) is 0 Å². The van der Waals surface area contributed by atoms with Crippen LogP contribution in [-0.2, 0) is 12.7 Å². The second-order valence-corrected chi connectivity index (χ2v) is 5.04. The molecule has 0 atom stereocenters. The van der Waals surface area contributed by atoms with E-state index in [4.69, 9.17) is 11.6 Å². The van der Waals surface area contributed by atoms with Crippen LogP contribution in [0.2, 0.25) is 5.02 Å². The predicted octanol–water partition coefficient (Wildman–Crippen LogP) is 5.42. The van der Waals surface area contributed by atoms with Crippen LogP contribution < -0.4 is 5.32 Å². The molecule has 2 aromatic rings. The number of aryl methyl sites for hydroxylation is 1. The first-order chi connectivity index (χ1) is 9.77. The summed E-state index contributed by atoms with van der Waals surface area (Å²) < 4.78 is 51.3. The molecule has 0 radical (unpaired) electrons. The summed E-state index contributed by atoms with van der Waals surface area (Å²) in [7, 11) is 0. The van der Waals surface area contributed by atoms with E-state index in [0.29, 0.717) is 17.8 Å². The number of halogens is 5. The average molecular weight is 318 g/mol. The Balaban J connectivity index is 2.15. The van der Waals surface area contributed by atoms with Gasteiger partial charge in [-0.15, -0.1) is 0 Å². The second-order valence-electron chi connectivity index (χ2n) is 4.63. The minimum atomic E-state index is -4.50. The predicted molar refractivity (Wildman–Crippen MR) is 74.9 cm³/mol. The Bertz CT molecular complexity index is 653. The van der Waals surface area contributed by atoms with Crippen LogP contribution in [0.1, 0.15) is 16.7 Å². The van der Waals surface area contributed by atoms with E-state index >= 15 is 0 Å². The molecule has 0 aromatic heterocycles. The summed E-state index contributed by atoms with van der Waals surface area (Å²) >= 11 is 5.55. The lowest BCUT2D eigenvalue weighted by Crippen LogP contribution is -2.07. The molecule has 0 amide bonds. The zero-order valence-electron chi connectivity index (χ0n) is 11.1. The fourth-order valence-corrected chi connectivity index (χ4v) is 2.10. The van der Waals surface area contributed by atoms with E-state index in [2.05, 4.69) is 5.32 Å². The number of hydrogen-bond acceptors (Lipinski definition) is 1. The smallest absolute Gasteiger partial charge is 0.381 e. The van der Waals surface area contributed by atoms with Gasteiger partial charge in [-0.1, -0.05) is 23.7 Å². The minimum absolute atomic E-state index is 0.292. The molecule has 0 fully saturated rings. The Morgan fingerprint density at radius 3 is 2.43 bits per heavy atom. The molecule has 2 aromatic carbocycles. The van der Waals surface area contributed by atoms with Crippen molar-refractivity contribution in [2.45, 2.75) is 19.6 Å². The van der Waals surface area contributed by atoms with Crippen molar-refractivity contribution in [2.24, 2.45) is 0 Å². The quantitative estimate of drug-likeness (QED) is 0.745. The molecule has 21 heavy (non-hydrogen) atoms. The molecule has 6 heteroatoms. The molecule has 1 nitrogen and oxygen atoms in total. The van der Waals surface area contributed by atoms with E-state index in [-0.39, 0.29) is 10.8 Å². The Labute approximate surface area is 124 Å². The molecular weight excluding hydrogens is 306 g/mol. The van der Waals surface area contributed by atoms with Crippen molar-refractivity contribution in [1.29, 1.82) is 0 Å². The number of anilines is 1. The molecule has 0 aliphatic rings. The Hall–Kier alpha value is -1.75. The summed E-state index contributed by atoms with van der Waals surface area (Å²) in [5, 5.41) is 2.52. The van der Waals surface area contributed by atoms with Crippen molar-refractivity contribution >= 4 is 17.3 Å². The van der Waals surface area contributed by atoms with Gasteiger partial charge in [-0.2, -0.15) is 13.2 Å². The Kier molecular flexibility index (Phi) is 4.42. The van der Waals surface area contributed by atoms with Crippen molar-refractivity contribution in [3.63, 3.8) is 0 Å². The van der Waals surface area contributed by atoms with Crippen LogP contribution in [0.4, 0.5) is 23.2 Å². The molecule has 2 rings (SSSR count). The molecule has 0 heterocycles. The highest BCUT2D eigenvalue weighted by Crippen LogP contribution is 2.36.